The fraction of sp³-hybridized carbons (Fsp3) is 0.438. The molecule has 6 nitrogen and oxygen atoms in total. The predicted octanol–water partition coefficient (Wildman–Crippen LogP) is 3.73. The molecule has 0 radical (unpaired) electrons. The van der Waals surface area contributed by atoms with E-state index >= 15 is 0 Å². The zero-order valence-electron chi connectivity index (χ0n) is 14.2. The Kier molecular flexibility index (Phi) is 6.86. The van der Waals surface area contributed by atoms with Crippen molar-refractivity contribution in [3.63, 3.8) is 0 Å². The average Bonchev–Trinajstić information content (AvgIpc) is 3.01. The fourth-order valence-electron chi connectivity index (χ4n) is 1.74. The molecular formula is C16H22N4O2S2. The average molecular weight is 367 g/mol. The summed E-state index contributed by atoms with van der Waals surface area (Å²) in [7, 11) is 1.61. The Bertz CT molecular complexity index is 658. The minimum Gasteiger partial charge on any atom is -0.497 e. The van der Waals surface area contributed by atoms with Gasteiger partial charge in [-0.25, -0.2) is 0 Å². The third-order valence-electron chi connectivity index (χ3n) is 3.07. The van der Waals surface area contributed by atoms with Gasteiger partial charge in [-0.3, -0.25) is 4.79 Å². The van der Waals surface area contributed by atoms with Crippen molar-refractivity contribution in [2.45, 2.75) is 30.4 Å². The van der Waals surface area contributed by atoms with Crippen LogP contribution in [0.25, 0.3) is 0 Å². The summed E-state index contributed by atoms with van der Waals surface area (Å²) in [5.41, 5.74) is 0.741. The number of hydrogen-bond acceptors (Lipinski definition) is 7. The molecule has 24 heavy (non-hydrogen) atoms. The summed E-state index contributed by atoms with van der Waals surface area (Å²) in [6.07, 6.45) is 0. The minimum absolute atomic E-state index is 0.0722. The zero-order valence-corrected chi connectivity index (χ0v) is 15.8. The van der Waals surface area contributed by atoms with E-state index in [2.05, 4.69) is 34.7 Å². The highest BCUT2D eigenvalue weighted by Crippen LogP contribution is 2.29. The van der Waals surface area contributed by atoms with E-state index in [1.165, 1.54) is 23.1 Å². The van der Waals surface area contributed by atoms with Gasteiger partial charge in [-0.2, -0.15) is 0 Å². The number of benzene rings is 1. The van der Waals surface area contributed by atoms with Crippen LogP contribution in [-0.4, -0.2) is 35.0 Å². The Labute approximate surface area is 150 Å². The van der Waals surface area contributed by atoms with Gasteiger partial charge < -0.3 is 15.4 Å². The highest BCUT2D eigenvalue weighted by Gasteiger charge is 2.17. The van der Waals surface area contributed by atoms with Crippen LogP contribution in [0.2, 0.25) is 0 Å². The van der Waals surface area contributed by atoms with E-state index in [0.29, 0.717) is 5.92 Å². The molecule has 1 aromatic carbocycles. The summed E-state index contributed by atoms with van der Waals surface area (Å²) < 4.78 is 5.88. The normalized spacial score (nSPS) is 12.0. The Morgan fingerprint density at radius 1 is 1.25 bits per heavy atom. The first-order valence-corrected chi connectivity index (χ1v) is 9.36. The van der Waals surface area contributed by atoms with E-state index in [4.69, 9.17) is 4.74 Å². The van der Waals surface area contributed by atoms with Crippen LogP contribution < -0.4 is 15.4 Å². The molecule has 0 saturated carbocycles. The van der Waals surface area contributed by atoms with Crippen molar-refractivity contribution >= 4 is 39.8 Å². The standard InChI is InChI=1S/C16H22N4O2S2/c1-10(2)9-17-15-19-20-16(24-15)23-11(3)14(21)18-12-5-7-13(22-4)8-6-12/h5-8,10-11H,9H2,1-4H3,(H,17,19)(H,18,21). The maximum Gasteiger partial charge on any atom is 0.237 e. The Morgan fingerprint density at radius 2 is 1.96 bits per heavy atom. The van der Waals surface area contributed by atoms with Gasteiger partial charge in [0, 0.05) is 12.2 Å². The van der Waals surface area contributed by atoms with Crippen molar-refractivity contribution in [1.29, 1.82) is 0 Å². The third-order valence-corrected chi connectivity index (χ3v) is 5.14. The van der Waals surface area contributed by atoms with E-state index in [1.54, 1.807) is 7.11 Å². The van der Waals surface area contributed by atoms with Crippen LogP contribution in [0, 0.1) is 5.92 Å². The molecule has 1 unspecified atom stereocenters. The second-order valence-corrected chi connectivity index (χ2v) is 8.19. The highest BCUT2D eigenvalue weighted by atomic mass is 32.2. The molecule has 0 saturated heterocycles. The van der Waals surface area contributed by atoms with E-state index in [1.807, 2.05) is 31.2 Å². The highest BCUT2D eigenvalue weighted by molar-refractivity contribution is 8.02. The molecule has 0 fully saturated rings. The van der Waals surface area contributed by atoms with Crippen molar-refractivity contribution < 1.29 is 9.53 Å². The number of rotatable bonds is 8. The van der Waals surface area contributed by atoms with Crippen LogP contribution in [-0.2, 0) is 4.79 Å². The fourth-order valence-corrected chi connectivity index (χ4v) is 3.65. The molecule has 0 aliphatic heterocycles. The van der Waals surface area contributed by atoms with Gasteiger partial charge in [0.15, 0.2) is 4.34 Å². The molecule has 2 rings (SSSR count). The van der Waals surface area contributed by atoms with Crippen molar-refractivity contribution in [3.05, 3.63) is 24.3 Å². The SMILES string of the molecule is COc1ccc(NC(=O)C(C)Sc2nnc(NCC(C)C)s2)cc1. The van der Waals surface area contributed by atoms with Crippen LogP contribution in [0.1, 0.15) is 20.8 Å². The molecule has 0 bridgehead atoms. The molecule has 8 heteroatoms. The number of hydrogen-bond donors (Lipinski definition) is 2. The Hall–Kier alpha value is -1.80. The maximum absolute atomic E-state index is 12.3. The van der Waals surface area contributed by atoms with Crippen molar-refractivity contribution in [3.8, 4) is 5.75 Å². The Balaban J connectivity index is 1.86. The van der Waals surface area contributed by atoms with Gasteiger partial charge in [-0.15, -0.1) is 10.2 Å². The van der Waals surface area contributed by atoms with Gasteiger partial charge in [0.05, 0.1) is 12.4 Å². The first-order valence-electron chi connectivity index (χ1n) is 7.67. The quantitative estimate of drug-likeness (QED) is 0.693. The summed E-state index contributed by atoms with van der Waals surface area (Å²) in [4.78, 5) is 12.3. The van der Waals surface area contributed by atoms with E-state index in [9.17, 15) is 4.79 Å². The molecule has 1 heterocycles. The molecule has 0 aliphatic rings. The predicted molar refractivity (Wildman–Crippen MR) is 100 cm³/mol. The molecule has 1 amide bonds. The number of nitrogens with zero attached hydrogens (tertiary/aromatic N) is 2. The molecule has 0 spiro atoms. The number of methoxy groups -OCH3 is 1. The number of amides is 1. The van der Waals surface area contributed by atoms with Gasteiger partial charge >= 0.3 is 0 Å². The first kappa shape index (κ1) is 18.5. The number of anilines is 2. The number of aromatic nitrogens is 2. The summed E-state index contributed by atoms with van der Waals surface area (Å²) >= 11 is 2.87. The van der Waals surface area contributed by atoms with Gasteiger partial charge in [-0.1, -0.05) is 36.9 Å². The summed E-state index contributed by atoms with van der Waals surface area (Å²) in [6.45, 7) is 6.98. The summed E-state index contributed by atoms with van der Waals surface area (Å²) in [5.74, 6) is 1.22. The number of carbonyl (C=O) groups excluding carboxylic acids is 1. The van der Waals surface area contributed by atoms with Gasteiger partial charge in [0.1, 0.15) is 5.75 Å². The number of ether oxygens (including phenoxy) is 1. The lowest BCUT2D eigenvalue weighted by Crippen LogP contribution is -2.22. The monoisotopic (exact) mass is 366 g/mol. The maximum atomic E-state index is 12.3. The van der Waals surface area contributed by atoms with Crippen LogP contribution in [0.5, 0.6) is 5.75 Å². The largest absolute Gasteiger partial charge is 0.497 e. The van der Waals surface area contributed by atoms with Gasteiger partial charge in [-0.05, 0) is 37.1 Å². The molecule has 2 N–H and O–H groups in total. The van der Waals surface area contributed by atoms with Crippen molar-refractivity contribution in [2.24, 2.45) is 5.92 Å². The van der Waals surface area contributed by atoms with E-state index in [0.717, 1.165) is 27.5 Å². The van der Waals surface area contributed by atoms with Crippen molar-refractivity contribution in [2.75, 3.05) is 24.3 Å². The van der Waals surface area contributed by atoms with E-state index < -0.39 is 0 Å². The van der Waals surface area contributed by atoms with Crippen molar-refractivity contribution in [1.82, 2.24) is 10.2 Å². The lowest BCUT2D eigenvalue weighted by molar-refractivity contribution is -0.115. The molecular weight excluding hydrogens is 344 g/mol. The second kappa shape index (κ2) is 8.89. The molecule has 130 valence electrons. The molecule has 2 aromatic rings. The zero-order chi connectivity index (χ0) is 17.5. The number of carbonyl (C=O) groups is 1. The lowest BCUT2D eigenvalue weighted by atomic mass is 10.2. The van der Waals surface area contributed by atoms with Crippen LogP contribution >= 0.6 is 23.1 Å². The first-order chi connectivity index (χ1) is 11.5. The van der Waals surface area contributed by atoms with E-state index in [-0.39, 0.29) is 11.2 Å². The molecule has 1 atom stereocenters. The number of thioether (sulfide) groups is 1. The summed E-state index contributed by atoms with van der Waals surface area (Å²) in [5, 5.41) is 14.9. The Morgan fingerprint density at radius 3 is 2.58 bits per heavy atom. The second-order valence-electron chi connectivity index (χ2n) is 5.63. The molecule has 0 aliphatic carbocycles. The summed E-state index contributed by atoms with van der Waals surface area (Å²) in [6, 6.07) is 7.25. The van der Waals surface area contributed by atoms with Crippen LogP contribution in [0.15, 0.2) is 28.6 Å². The van der Waals surface area contributed by atoms with Crippen LogP contribution in [0.3, 0.4) is 0 Å². The van der Waals surface area contributed by atoms with Crippen LogP contribution in [0.4, 0.5) is 10.8 Å². The minimum atomic E-state index is -0.266. The molecule has 1 aromatic heterocycles. The third kappa shape index (κ3) is 5.68. The topological polar surface area (TPSA) is 76.1 Å². The smallest absolute Gasteiger partial charge is 0.237 e. The lowest BCUT2D eigenvalue weighted by Gasteiger charge is -2.10. The number of nitrogens with one attached hydrogen (secondary N) is 2. The van der Waals surface area contributed by atoms with Gasteiger partial charge in [0.25, 0.3) is 0 Å². The van der Waals surface area contributed by atoms with Gasteiger partial charge in [0.2, 0.25) is 11.0 Å².